The van der Waals surface area contributed by atoms with E-state index in [2.05, 4.69) is 31.7 Å². The molecule has 0 aliphatic carbocycles. The molecule has 0 aromatic carbocycles. The molecule has 7 nitrogen and oxygen atoms in total. The van der Waals surface area contributed by atoms with Crippen LogP contribution in [0.1, 0.15) is 29.1 Å². The van der Waals surface area contributed by atoms with Crippen LogP contribution in [-0.4, -0.2) is 45.3 Å². The van der Waals surface area contributed by atoms with E-state index in [0.717, 1.165) is 55.4 Å². The molecule has 8 heteroatoms. The Labute approximate surface area is 174 Å². The number of hydrogen-bond donors (Lipinski definition) is 1. The zero-order valence-corrected chi connectivity index (χ0v) is 17.7. The van der Waals surface area contributed by atoms with E-state index in [1.165, 1.54) is 4.88 Å². The molecule has 3 aromatic rings. The van der Waals surface area contributed by atoms with Crippen molar-refractivity contribution in [1.29, 1.82) is 0 Å². The Morgan fingerprint density at radius 2 is 2.03 bits per heavy atom. The predicted octanol–water partition coefficient (Wildman–Crippen LogP) is 2.92. The summed E-state index contributed by atoms with van der Waals surface area (Å²) in [6.45, 7) is 6.29. The van der Waals surface area contributed by atoms with Crippen LogP contribution in [0.2, 0.25) is 0 Å². The Kier molecular flexibility index (Phi) is 5.89. The Balaban J connectivity index is 1.32. The van der Waals surface area contributed by atoms with Crippen LogP contribution in [0.5, 0.6) is 0 Å². The van der Waals surface area contributed by atoms with Gasteiger partial charge in [-0.1, -0.05) is 6.07 Å². The molecular formula is C21H26N6OS. The number of rotatable bonds is 6. The molecule has 29 heavy (non-hydrogen) atoms. The number of carbonyl (C=O) groups is 1. The highest BCUT2D eigenvalue weighted by Crippen LogP contribution is 2.22. The van der Waals surface area contributed by atoms with Gasteiger partial charge in [0.1, 0.15) is 5.82 Å². The van der Waals surface area contributed by atoms with Gasteiger partial charge in [-0.15, -0.1) is 11.3 Å². The highest BCUT2D eigenvalue weighted by Gasteiger charge is 2.25. The van der Waals surface area contributed by atoms with E-state index in [1.807, 2.05) is 30.7 Å². The monoisotopic (exact) mass is 410 g/mol. The molecule has 1 N–H and O–H groups in total. The van der Waals surface area contributed by atoms with Crippen LogP contribution in [0.4, 0.5) is 5.82 Å². The Morgan fingerprint density at radius 3 is 2.72 bits per heavy atom. The number of thiophene rings is 1. The van der Waals surface area contributed by atoms with E-state index in [4.69, 9.17) is 4.98 Å². The molecule has 0 bridgehead atoms. The number of anilines is 1. The first-order chi connectivity index (χ1) is 14.1. The topological polar surface area (TPSA) is 75.9 Å². The summed E-state index contributed by atoms with van der Waals surface area (Å²) in [4.78, 5) is 25.1. The second kappa shape index (κ2) is 8.73. The van der Waals surface area contributed by atoms with Gasteiger partial charge >= 0.3 is 0 Å². The van der Waals surface area contributed by atoms with E-state index in [-0.39, 0.29) is 11.8 Å². The zero-order chi connectivity index (χ0) is 20.2. The van der Waals surface area contributed by atoms with Crippen molar-refractivity contribution in [2.45, 2.75) is 33.1 Å². The second-order valence-corrected chi connectivity index (χ2v) is 8.49. The molecule has 0 radical (unpaired) electrons. The number of nitrogens with zero attached hydrogens (tertiary/aromatic N) is 5. The smallest absolute Gasteiger partial charge is 0.223 e. The lowest BCUT2D eigenvalue weighted by atomic mass is 9.96. The van der Waals surface area contributed by atoms with Gasteiger partial charge in [0.05, 0.1) is 18.1 Å². The van der Waals surface area contributed by atoms with Gasteiger partial charge in [-0.05, 0) is 50.6 Å². The fourth-order valence-electron chi connectivity index (χ4n) is 3.74. The molecule has 152 valence electrons. The van der Waals surface area contributed by atoms with Crippen molar-refractivity contribution >= 4 is 23.1 Å². The van der Waals surface area contributed by atoms with Crippen LogP contribution in [0.25, 0.3) is 5.82 Å². The number of aromatic nitrogens is 4. The van der Waals surface area contributed by atoms with Gasteiger partial charge in [0, 0.05) is 36.1 Å². The van der Waals surface area contributed by atoms with Crippen LogP contribution in [0.3, 0.4) is 0 Å². The van der Waals surface area contributed by atoms with Crippen molar-refractivity contribution in [3.8, 4) is 5.82 Å². The highest BCUT2D eigenvalue weighted by molar-refractivity contribution is 7.09. The minimum absolute atomic E-state index is 0.0711. The summed E-state index contributed by atoms with van der Waals surface area (Å²) in [5, 5.41) is 9.66. The average Bonchev–Trinajstić information content (AvgIpc) is 3.37. The van der Waals surface area contributed by atoms with Crippen molar-refractivity contribution in [2.24, 2.45) is 5.92 Å². The van der Waals surface area contributed by atoms with Crippen molar-refractivity contribution in [3.05, 3.63) is 52.2 Å². The largest absolute Gasteiger partial charge is 0.355 e. The van der Waals surface area contributed by atoms with E-state index < -0.39 is 0 Å². The van der Waals surface area contributed by atoms with Gasteiger partial charge in [-0.25, -0.2) is 9.67 Å². The fraction of sp³-hybridized carbons (Fsp3) is 0.429. The highest BCUT2D eigenvalue weighted by atomic mass is 32.1. The first-order valence-corrected chi connectivity index (χ1v) is 10.9. The molecule has 0 spiro atoms. The van der Waals surface area contributed by atoms with E-state index >= 15 is 0 Å². The molecule has 0 saturated carbocycles. The quantitative estimate of drug-likeness (QED) is 0.676. The number of hydrogen-bond acceptors (Lipinski definition) is 6. The first kappa shape index (κ1) is 19.6. The molecule has 4 heterocycles. The van der Waals surface area contributed by atoms with Gasteiger partial charge in [-0.2, -0.15) is 5.10 Å². The molecule has 4 rings (SSSR count). The number of nitrogens with one attached hydrogen (secondary N) is 1. The Hall–Kier alpha value is -2.74. The van der Waals surface area contributed by atoms with Crippen LogP contribution >= 0.6 is 11.3 Å². The van der Waals surface area contributed by atoms with Crippen LogP contribution < -0.4 is 10.2 Å². The second-order valence-electron chi connectivity index (χ2n) is 7.46. The number of piperidine rings is 1. The standard InChI is InChI=1S/C21H26N6OS/c1-15-12-16(2)27(25-15)20-14-22-13-19(24-20)26-9-6-17(7-10-26)21(28)23-8-5-18-4-3-11-29-18/h3-4,11-14,17H,5-10H2,1-2H3,(H,23,28). The maximum absolute atomic E-state index is 12.5. The Bertz CT molecular complexity index is 959. The number of amides is 1. The summed E-state index contributed by atoms with van der Waals surface area (Å²) in [6.07, 6.45) is 6.08. The summed E-state index contributed by atoms with van der Waals surface area (Å²) >= 11 is 1.73. The van der Waals surface area contributed by atoms with Gasteiger partial charge in [0.15, 0.2) is 5.82 Å². The third-order valence-electron chi connectivity index (χ3n) is 5.28. The molecular weight excluding hydrogens is 384 g/mol. The summed E-state index contributed by atoms with van der Waals surface area (Å²) in [6, 6.07) is 6.18. The predicted molar refractivity (Wildman–Crippen MR) is 115 cm³/mol. The van der Waals surface area contributed by atoms with Crippen LogP contribution in [0.15, 0.2) is 36.0 Å². The van der Waals surface area contributed by atoms with Crippen molar-refractivity contribution in [2.75, 3.05) is 24.5 Å². The normalized spacial score (nSPS) is 14.9. The average molecular weight is 411 g/mol. The van der Waals surface area contributed by atoms with Gasteiger partial charge < -0.3 is 10.2 Å². The molecule has 0 atom stereocenters. The van der Waals surface area contributed by atoms with Crippen molar-refractivity contribution in [3.63, 3.8) is 0 Å². The number of carbonyl (C=O) groups excluding carboxylic acids is 1. The molecule has 1 fully saturated rings. The third-order valence-corrected chi connectivity index (χ3v) is 6.21. The van der Waals surface area contributed by atoms with Gasteiger partial charge in [0.2, 0.25) is 5.91 Å². The lowest BCUT2D eigenvalue weighted by Gasteiger charge is -2.32. The zero-order valence-electron chi connectivity index (χ0n) is 16.8. The number of aryl methyl sites for hydroxylation is 2. The summed E-state index contributed by atoms with van der Waals surface area (Å²) in [7, 11) is 0. The summed E-state index contributed by atoms with van der Waals surface area (Å²) in [5.74, 6) is 1.80. The fourth-order valence-corrected chi connectivity index (χ4v) is 4.45. The van der Waals surface area contributed by atoms with Crippen molar-refractivity contribution < 1.29 is 4.79 Å². The Morgan fingerprint density at radius 1 is 1.24 bits per heavy atom. The van der Waals surface area contributed by atoms with Gasteiger partial charge in [0.25, 0.3) is 0 Å². The SMILES string of the molecule is Cc1cc(C)n(-c2cncc(N3CCC(C(=O)NCCc4cccs4)CC3)n2)n1. The molecule has 1 aliphatic rings. The van der Waals surface area contributed by atoms with Gasteiger partial charge in [-0.3, -0.25) is 9.78 Å². The maximum atomic E-state index is 12.5. The summed E-state index contributed by atoms with van der Waals surface area (Å²) < 4.78 is 1.82. The molecule has 1 aliphatic heterocycles. The lowest BCUT2D eigenvalue weighted by molar-refractivity contribution is -0.125. The minimum atomic E-state index is 0.0711. The minimum Gasteiger partial charge on any atom is -0.355 e. The van der Waals surface area contributed by atoms with Crippen LogP contribution in [0, 0.1) is 19.8 Å². The molecule has 3 aromatic heterocycles. The van der Waals surface area contributed by atoms with Crippen LogP contribution in [-0.2, 0) is 11.2 Å². The first-order valence-electron chi connectivity index (χ1n) is 10.0. The van der Waals surface area contributed by atoms with E-state index in [9.17, 15) is 4.79 Å². The third kappa shape index (κ3) is 4.64. The molecule has 0 unspecified atom stereocenters. The van der Waals surface area contributed by atoms with E-state index in [1.54, 1.807) is 23.7 Å². The van der Waals surface area contributed by atoms with Crippen molar-refractivity contribution in [1.82, 2.24) is 25.1 Å². The molecule has 1 saturated heterocycles. The van der Waals surface area contributed by atoms with E-state index in [0.29, 0.717) is 6.54 Å². The maximum Gasteiger partial charge on any atom is 0.223 e. The summed E-state index contributed by atoms with van der Waals surface area (Å²) in [5.41, 5.74) is 1.99. The molecule has 1 amide bonds. The lowest BCUT2D eigenvalue weighted by Crippen LogP contribution is -2.41.